The van der Waals surface area contributed by atoms with Crippen molar-refractivity contribution in [3.05, 3.63) is 65.5 Å². The van der Waals surface area contributed by atoms with E-state index in [1.165, 1.54) is 0 Å². The molecular weight excluding hydrogens is 319 g/mol. The molecule has 0 unspecified atom stereocenters. The Balaban J connectivity index is 1.62. The van der Waals surface area contributed by atoms with Gasteiger partial charge in [-0.3, -0.25) is 0 Å². The fourth-order valence-electron chi connectivity index (χ4n) is 3.39. The van der Waals surface area contributed by atoms with Gasteiger partial charge in [0.25, 0.3) is 5.95 Å². The topological polar surface area (TPSA) is 61.4 Å². The molecule has 0 fully saturated rings. The van der Waals surface area contributed by atoms with Gasteiger partial charge >= 0.3 is 0 Å². The maximum absolute atomic E-state index is 14.5. The molecule has 2 aromatic heterocycles. The van der Waals surface area contributed by atoms with E-state index in [0.29, 0.717) is 18.2 Å². The van der Waals surface area contributed by atoms with Gasteiger partial charge in [-0.2, -0.15) is 9.67 Å². The minimum Gasteiger partial charge on any atom is -0.239 e. The number of aromatic nitrogens is 6. The van der Waals surface area contributed by atoms with Crippen molar-refractivity contribution in [3.63, 3.8) is 0 Å². The van der Waals surface area contributed by atoms with Crippen LogP contribution in [0.25, 0.3) is 17.0 Å². The van der Waals surface area contributed by atoms with Crippen molar-refractivity contribution in [2.24, 2.45) is 0 Å². The zero-order chi connectivity index (χ0) is 17.0. The third-order valence-corrected chi connectivity index (χ3v) is 4.63. The molecule has 5 rings (SSSR count). The third kappa shape index (κ3) is 2.15. The number of halogens is 1. The number of alkyl halides is 1. The molecule has 1 aliphatic heterocycles. The molecule has 0 bridgehead atoms. The first-order chi connectivity index (χ1) is 12.2. The van der Waals surface area contributed by atoms with Gasteiger partial charge in [-0.15, -0.1) is 10.2 Å². The molecule has 0 saturated carbocycles. The van der Waals surface area contributed by atoms with Crippen molar-refractivity contribution in [1.82, 2.24) is 29.8 Å². The fraction of sp³-hybridized carbons (Fsp3) is 0.222. The van der Waals surface area contributed by atoms with Crippen LogP contribution in [0.3, 0.4) is 0 Å². The molecule has 0 radical (unpaired) electrons. The van der Waals surface area contributed by atoms with Crippen LogP contribution in [0.4, 0.5) is 4.39 Å². The van der Waals surface area contributed by atoms with Crippen molar-refractivity contribution >= 4 is 11.0 Å². The molecule has 0 aliphatic carbocycles. The van der Waals surface area contributed by atoms with E-state index in [1.54, 1.807) is 9.36 Å². The van der Waals surface area contributed by atoms with E-state index in [9.17, 15) is 4.39 Å². The SMILES string of the molecule is Cc1ccc2c(c1)nnn2-c1nc2n(n1)[C@H](c1ccccc1)C[C@@H]2F. The van der Waals surface area contributed by atoms with E-state index in [4.69, 9.17) is 0 Å². The van der Waals surface area contributed by atoms with E-state index in [1.807, 2.05) is 55.5 Å². The summed E-state index contributed by atoms with van der Waals surface area (Å²) >= 11 is 0. The van der Waals surface area contributed by atoms with E-state index in [2.05, 4.69) is 20.4 Å². The molecule has 4 aromatic rings. The number of hydrogen-bond acceptors (Lipinski definition) is 4. The average Bonchev–Trinajstić information content (AvgIpc) is 3.30. The van der Waals surface area contributed by atoms with Gasteiger partial charge < -0.3 is 0 Å². The number of hydrogen-bond donors (Lipinski definition) is 0. The number of benzene rings is 2. The Bertz CT molecular complexity index is 1070. The summed E-state index contributed by atoms with van der Waals surface area (Å²) in [5.74, 6) is 0.698. The molecule has 2 atom stereocenters. The Morgan fingerprint density at radius 2 is 1.96 bits per heavy atom. The second kappa shape index (κ2) is 5.20. The van der Waals surface area contributed by atoms with E-state index >= 15 is 0 Å². The zero-order valence-electron chi connectivity index (χ0n) is 13.5. The van der Waals surface area contributed by atoms with Crippen molar-refractivity contribution in [2.75, 3.05) is 0 Å². The maximum atomic E-state index is 14.5. The molecule has 25 heavy (non-hydrogen) atoms. The smallest absolute Gasteiger partial charge is 0.239 e. The number of fused-ring (bicyclic) bond motifs is 2. The highest BCUT2D eigenvalue weighted by Crippen LogP contribution is 2.39. The summed E-state index contributed by atoms with van der Waals surface area (Å²) in [5, 5.41) is 12.9. The molecule has 0 saturated heterocycles. The van der Waals surface area contributed by atoms with Crippen molar-refractivity contribution < 1.29 is 4.39 Å². The highest BCUT2D eigenvalue weighted by atomic mass is 19.1. The van der Waals surface area contributed by atoms with Crippen LogP contribution in [0.2, 0.25) is 0 Å². The normalized spacial score (nSPS) is 19.4. The quantitative estimate of drug-likeness (QED) is 0.564. The van der Waals surface area contributed by atoms with E-state index in [0.717, 1.165) is 22.2 Å². The highest BCUT2D eigenvalue weighted by molar-refractivity contribution is 5.76. The summed E-state index contributed by atoms with van der Waals surface area (Å²) in [4.78, 5) is 4.40. The van der Waals surface area contributed by atoms with Crippen LogP contribution in [0.1, 0.15) is 35.6 Å². The van der Waals surface area contributed by atoms with Crippen LogP contribution in [-0.4, -0.2) is 29.8 Å². The Morgan fingerprint density at radius 3 is 2.80 bits per heavy atom. The van der Waals surface area contributed by atoms with Crippen LogP contribution < -0.4 is 0 Å². The summed E-state index contributed by atoms with van der Waals surface area (Å²) in [6.07, 6.45) is -0.778. The standard InChI is InChI=1S/C18H15FN6/c1-11-7-8-15-14(9-11)21-23-25(15)18-20-17-13(19)10-16(24(17)22-18)12-5-3-2-4-6-12/h2-9,13,16H,10H2,1H3/t13-,16-/m0/s1. The first-order valence-electron chi connectivity index (χ1n) is 8.18. The molecule has 3 heterocycles. The lowest BCUT2D eigenvalue weighted by atomic mass is 10.0. The molecule has 7 heteroatoms. The number of rotatable bonds is 2. The second-order valence-corrected chi connectivity index (χ2v) is 6.34. The summed E-state index contributed by atoms with van der Waals surface area (Å²) in [6.45, 7) is 2.00. The van der Waals surface area contributed by atoms with E-state index in [-0.39, 0.29) is 6.04 Å². The van der Waals surface area contributed by atoms with Gasteiger partial charge in [-0.05, 0) is 30.2 Å². The summed E-state index contributed by atoms with van der Waals surface area (Å²) in [7, 11) is 0. The van der Waals surface area contributed by atoms with Gasteiger partial charge in [0.1, 0.15) is 5.52 Å². The van der Waals surface area contributed by atoms with Crippen molar-refractivity contribution in [3.8, 4) is 5.95 Å². The van der Waals surface area contributed by atoms with Gasteiger partial charge in [-0.1, -0.05) is 41.6 Å². The first-order valence-corrected chi connectivity index (χ1v) is 8.18. The molecular formula is C18H15FN6. The average molecular weight is 334 g/mol. The second-order valence-electron chi connectivity index (χ2n) is 6.34. The largest absolute Gasteiger partial charge is 0.271 e. The van der Waals surface area contributed by atoms with Gasteiger partial charge in [0, 0.05) is 6.42 Å². The molecule has 0 spiro atoms. The van der Waals surface area contributed by atoms with Gasteiger partial charge in [-0.25, -0.2) is 9.07 Å². The Hall–Kier alpha value is -3.09. The molecule has 6 nitrogen and oxygen atoms in total. The molecule has 0 amide bonds. The summed E-state index contributed by atoms with van der Waals surface area (Å²) < 4.78 is 17.7. The zero-order valence-corrected chi connectivity index (χ0v) is 13.5. The van der Waals surface area contributed by atoms with E-state index < -0.39 is 6.17 Å². The molecule has 124 valence electrons. The minimum atomic E-state index is -1.14. The predicted octanol–water partition coefficient (Wildman–Crippen LogP) is 3.32. The lowest BCUT2D eigenvalue weighted by molar-refractivity contribution is 0.328. The van der Waals surface area contributed by atoms with Crippen LogP contribution in [0.15, 0.2) is 48.5 Å². The summed E-state index contributed by atoms with van der Waals surface area (Å²) in [6, 6.07) is 15.5. The van der Waals surface area contributed by atoms with Crippen LogP contribution >= 0.6 is 0 Å². The fourth-order valence-corrected chi connectivity index (χ4v) is 3.39. The van der Waals surface area contributed by atoms with Crippen LogP contribution in [-0.2, 0) is 0 Å². The molecule has 2 aromatic carbocycles. The monoisotopic (exact) mass is 334 g/mol. The predicted molar refractivity (Wildman–Crippen MR) is 90.2 cm³/mol. The lowest BCUT2D eigenvalue weighted by Crippen LogP contribution is -2.08. The molecule has 0 N–H and O–H groups in total. The first kappa shape index (κ1) is 14.3. The van der Waals surface area contributed by atoms with Crippen LogP contribution in [0.5, 0.6) is 0 Å². The van der Waals surface area contributed by atoms with Crippen molar-refractivity contribution in [2.45, 2.75) is 25.6 Å². The van der Waals surface area contributed by atoms with Crippen LogP contribution in [0, 0.1) is 6.92 Å². The lowest BCUT2D eigenvalue weighted by Gasteiger charge is -2.11. The molecule has 1 aliphatic rings. The Morgan fingerprint density at radius 1 is 1.12 bits per heavy atom. The third-order valence-electron chi connectivity index (χ3n) is 4.63. The Labute approximate surface area is 142 Å². The van der Waals surface area contributed by atoms with Gasteiger partial charge in [0.05, 0.1) is 11.6 Å². The van der Waals surface area contributed by atoms with Gasteiger partial charge in [0.15, 0.2) is 12.0 Å². The van der Waals surface area contributed by atoms with Crippen molar-refractivity contribution in [1.29, 1.82) is 0 Å². The Kier molecular flexibility index (Phi) is 2.97. The summed E-state index contributed by atoms with van der Waals surface area (Å²) in [5.41, 5.74) is 3.71. The highest BCUT2D eigenvalue weighted by Gasteiger charge is 2.35. The minimum absolute atomic E-state index is 0.149. The number of aryl methyl sites for hydroxylation is 1. The van der Waals surface area contributed by atoms with Gasteiger partial charge in [0.2, 0.25) is 0 Å². The maximum Gasteiger partial charge on any atom is 0.271 e. The number of nitrogens with zero attached hydrogens (tertiary/aromatic N) is 6.